The number of carbonyl (C=O) groups excluding carboxylic acids is 1. The molecular weight excluding hydrogens is 150 g/mol. The van der Waals surface area contributed by atoms with Crippen molar-refractivity contribution in [2.45, 2.75) is 38.1 Å². The topological polar surface area (TPSA) is 20.3 Å². The third-order valence-electron chi connectivity index (χ3n) is 2.80. The van der Waals surface area contributed by atoms with Crippen LogP contribution in [-0.4, -0.2) is 23.4 Å². The molecule has 2 heterocycles. The number of fused-ring (bicyclic) bond motifs is 1. The number of rotatable bonds is 0. The second-order valence-corrected chi connectivity index (χ2v) is 3.63. The summed E-state index contributed by atoms with van der Waals surface area (Å²) in [6.07, 6.45) is 9.61. The molecule has 0 radical (unpaired) electrons. The predicted molar refractivity (Wildman–Crippen MR) is 47.7 cm³/mol. The number of piperidine rings is 1. The summed E-state index contributed by atoms with van der Waals surface area (Å²) in [5.41, 5.74) is 0. The standard InChI is InChI=1S/C10H15NO/c12-10-7-4-6-9-5-2-1-3-8-11(9)10/h1-2,9H,3-8H2. The molecule has 0 aliphatic carbocycles. The summed E-state index contributed by atoms with van der Waals surface area (Å²) in [7, 11) is 0. The Bertz CT molecular complexity index is 210. The van der Waals surface area contributed by atoms with Gasteiger partial charge in [0.05, 0.1) is 0 Å². The smallest absolute Gasteiger partial charge is 0.222 e. The zero-order chi connectivity index (χ0) is 8.39. The second kappa shape index (κ2) is 3.30. The predicted octanol–water partition coefficient (Wildman–Crippen LogP) is 1.72. The molecule has 1 saturated heterocycles. The Balaban J connectivity index is 2.09. The van der Waals surface area contributed by atoms with Gasteiger partial charge in [-0.1, -0.05) is 12.2 Å². The van der Waals surface area contributed by atoms with Gasteiger partial charge in [-0.2, -0.15) is 0 Å². The molecule has 0 spiro atoms. The van der Waals surface area contributed by atoms with Crippen LogP contribution in [0.1, 0.15) is 32.1 Å². The zero-order valence-corrected chi connectivity index (χ0v) is 7.33. The lowest BCUT2D eigenvalue weighted by molar-refractivity contribution is -0.136. The molecule has 0 N–H and O–H groups in total. The maximum absolute atomic E-state index is 11.5. The summed E-state index contributed by atoms with van der Waals surface area (Å²) in [4.78, 5) is 13.6. The largest absolute Gasteiger partial charge is 0.339 e. The molecule has 1 atom stereocenters. The van der Waals surface area contributed by atoms with Crippen LogP contribution in [0.3, 0.4) is 0 Å². The molecule has 0 saturated carbocycles. The minimum Gasteiger partial charge on any atom is -0.339 e. The zero-order valence-electron chi connectivity index (χ0n) is 7.33. The van der Waals surface area contributed by atoms with Crippen LogP contribution >= 0.6 is 0 Å². The van der Waals surface area contributed by atoms with Crippen molar-refractivity contribution < 1.29 is 4.79 Å². The van der Waals surface area contributed by atoms with Gasteiger partial charge in [-0.05, 0) is 25.7 Å². The van der Waals surface area contributed by atoms with Crippen molar-refractivity contribution in [1.29, 1.82) is 0 Å². The molecule has 12 heavy (non-hydrogen) atoms. The molecule has 1 unspecified atom stereocenters. The van der Waals surface area contributed by atoms with Crippen molar-refractivity contribution in [3.8, 4) is 0 Å². The average Bonchev–Trinajstić information content (AvgIpc) is 2.30. The van der Waals surface area contributed by atoms with Gasteiger partial charge >= 0.3 is 0 Å². The van der Waals surface area contributed by atoms with Gasteiger partial charge in [0.15, 0.2) is 0 Å². The number of hydrogen-bond donors (Lipinski definition) is 0. The minimum atomic E-state index is 0.370. The Hall–Kier alpha value is -0.790. The van der Waals surface area contributed by atoms with Crippen molar-refractivity contribution in [3.05, 3.63) is 12.2 Å². The van der Waals surface area contributed by atoms with E-state index in [-0.39, 0.29) is 0 Å². The molecule has 2 aliphatic rings. The van der Waals surface area contributed by atoms with Crippen LogP contribution in [0.2, 0.25) is 0 Å². The quantitative estimate of drug-likeness (QED) is 0.500. The van der Waals surface area contributed by atoms with Crippen LogP contribution in [-0.2, 0) is 4.79 Å². The minimum absolute atomic E-state index is 0.370. The summed E-state index contributed by atoms with van der Waals surface area (Å²) in [6, 6.07) is 0.519. The summed E-state index contributed by atoms with van der Waals surface area (Å²) >= 11 is 0. The maximum Gasteiger partial charge on any atom is 0.222 e. The summed E-state index contributed by atoms with van der Waals surface area (Å²) < 4.78 is 0. The average molecular weight is 165 g/mol. The van der Waals surface area contributed by atoms with Crippen molar-refractivity contribution >= 4 is 5.91 Å². The first-order valence-electron chi connectivity index (χ1n) is 4.82. The van der Waals surface area contributed by atoms with Crippen molar-refractivity contribution in [3.63, 3.8) is 0 Å². The fraction of sp³-hybridized carbons (Fsp3) is 0.700. The molecule has 2 aliphatic heterocycles. The third kappa shape index (κ3) is 1.38. The summed E-state index contributed by atoms with van der Waals surface area (Å²) in [5.74, 6) is 0.370. The highest BCUT2D eigenvalue weighted by Gasteiger charge is 2.27. The van der Waals surface area contributed by atoms with Gasteiger partial charge < -0.3 is 4.90 Å². The van der Waals surface area contributed by atoms with Crippen LogP contribution in [0.4, 0.5) is 0 Å². The number of carbonyl (C=O) groups is 1. The summed E-state index contributed by atoms with van der Waals surface area (Å²) in [6.45, 7) is 0.944. The highest BCUT2D eigenvalue weighted by molar-refractivity contribution is 5.77. The lowest BCUT2D eigenvalue weighted by Crippen LogP contribution is -2.43. The van der Waals surface area contributed by atoms with E-state index in [0.717, 1.165) is 32.2 Å². The van der Waals surface area contributed by atoms with Gasteiger partial charge in [0, 0.05) is 19.0 Å². The van der Waals surface area contributed by atoms with E-state index in [0.29, 0.717) is 11.9 Å². The number of hydrogen-bond acceptors (Lipinski definition) is 1. The Labute approximate surface area is 73.2 Å². The molecule has 2 heteroatoms. The van der Waals surface area contributed by atoms with E-state index in [9.17, 15) is 4.79 Å². The van der Waals surface area contributed by atoms with E-state index in [1.165, 1.54) is 6.42 Å². The van der Waals surface area contributed by atoms with E-state index in [1.54, 1.807) is 0 Å². The SMILES string of the molecule is O=C1CCCC2CC=CCCN12. The molecule has 2 rings (SSSR count). The highest BCUT2D eigenvalue weighted by Crippen LogP contribution is 2.23. The molecule has 0 aromatic carbocycles. The van der Waals surface area contributed by atoms with Crippen LogP contribution in [0.15, 0.2) is 12.2 Å². The molecule has 0 aromatic heterocycles. The van der Waals surface area contributed by atoms with E-state index >= 15 is 0 Å². The lowest BCUT2D eigenvalue weighted by Gasteiger charge is -2.34. The van der Waals surface area contributed by atoms with Gasteiger partial charge in [0.1, 0.15) is 0 Å². The van der Waals surface area contributed by atoms with Crippen LogP contribution < -0.4 is 0 Å². The van der Waals surface area contributed by atoms with Gasteiger partial charge in [0.25, 0.3) is 0 Å². The van der Waals surface area contributed by atoms with Crippen LogP contribution in [0, 0.1) is 0 Å². The van der Waals surface area contributed by atoms with E-state index in [1.807, 2.05) is 0 Å². The Kier molecular flexibility index (Phi) is 2.15. The molecule has 0 bridgehead atoms. The maximum atomic E-state index is 11.5. The molecule has 0 aromatic rings. The monoisotopic (exact) mass is 165 g/mol. The Morgan fingerprint density at radius 2 is 2.33 bits per heavy atom. The van der Waals surface area contributed by atoms with Crippen LogP contribution in [0.25, 0.3) is 0 Å². The molecule has 66 valence electrons. The van der Waals surface area contributed by atoms with Crippen LogP contribution in [0.5, 0.6) is 0 Å². The molecule has 2 nitrogen and oxygen atoms in total. The van der Waals surface area contributed by atoms with Gasteiger partial charge in [-0.25, -0.2) is 0 Å². The van der Waals surface area contributed by atoms with E-state index in [2.05, 4.69) is 17.1 Å². The first kappa shape index (κ1) is 7.84. The molecule has 1 amide bonds. The van der Waals surface area contributed by atoms with Gasteiger partial charge in [-0.15, -0.1) is 0 Å². The first-order chi connectivity index (χ1) is 5.88. The number of amides is 1. The Morgan fingerprint density at radius 1 is 1.42 bits per heavy atom. The van der Waals surface area contributed by atoms with Crippen molar-refractivity contribution in [2.75, 3.05) is 6.54 Å². The third-order valence-corrected chi connectivity index (χ3v) is 2.80. The summed E-state index contributed by atoms with van der Waals surface area (Å²) in [5, 5.41) is 0. The normalized spacial score (nSPS) is 29.8. The van der Waals surface area contributed by atoms with Crippen molar-refractivity contribution in [2.24, 2.45) is 0 Å². The molecular formula is C10H15NO. The fourth-order valence-corrected chi connectivity index (χ4v) is 2.13. The first-order valence-corrected chi connectivity index (χ1v) is 4.82. The molecule has 1 fully saturated rings. The van der Waals surface area contributed by atoms with E-state index < -0.39 is 0 Å². The van der Waals surface area contributed by atoms with E-state index in [4.69, 9.17) is 0 Å². The highest BCUT2D eigenvalue weighted by atomic mass is 16.2. The van der Waals surface area contributed by atoms with Gasteiger partial charge in [-0.3, -0.25) is 4.79 Å². The lowest BCUT2D eigenvalue weighted by atomic mass is 9.99. The second-order valence-electron chi connectivity index (χ2n) is 3.63. The fourth-order valence-electron chi connectivity index (χ4n) is 2.13. The van der Waals surface area contributed by atoms with Crippen molar-refractivity contribution in [1.82, 2.24) is 4.90 Å². The van der Waals surface area contributed by atoms with Gasteiger partial charge in [0.2, 0.25) is 5.91 Å². The Morgan fingerprint density at radius 3 is 3.25 bits per heavy atom. The number of nitrogens with zero attached hydrogens (tertiary/aromatic N) is 1.